The van der Waals surface area contributed by atoms with Crippen molar-refractivity contribution in [2.45, 2.75) is 19.8 Å². The molecule has 0 fully saturated rings. The van der Waals surface area contributed by atoms with Gasteiger partial charge >= 0.3 is 0 Å². The molecule has 0 unspecified atom stereocenters. The molecule has 0 saturated heterocycles. The quantitative estimate of drug-likeness (QED) is 0.733. The minimum absolute atomic E-state index is 0.176. The third-order valence-electron chi connectivity index (χ3n) is 2.21. The maximum Gasteiger partial charge on any atom is 0.204 e. The van der Waals surface area contributed by atoms with Crippen molar-refractivity contribution >= 4 is 28.5 Å². The number of hydrogen-bond donors (Lipinski definition) is 0. The van der Waals surface area contributed by atoms with E-state index in [0.717, 1.165) is 23.3 Å². The molecule has 0 atom stereocenters. The van der Waals surface area contributed by atoms with E-state index in [1.165, 1.54) is 16.2 Å². The maximum atomic E-state index is 12.1. The van der Waals surface area contributed by atoms with Gasteiger partial charge in [-0.3, -0.25) is 4.79 Å². The van der Waals surface area contributed by atoms with Crippen LogP contribution in [0, 0.1) is 0 Å². The average Bonchev–Trinajstić information content (AvgIpc) is 2.87. The van der Waals surface area contributed by atoms with Crippen LogP contribution in [-0.4, -0.2) is 5.78 Å². The first-order valence-electron chi connectivity index (χ1n) is 4.97. The van der Waals surface area contributed by atoms with Gasteiger partial charge in [0, 0.05) is 10.4 Å². The number of hydrogen-bond acceptors (Lipinski definition) is 3. The van der Waals surface area contributed by atoms with Gasteiger partial charge in [-0.1, -0.05) is 19.4 Å². The highest BCUT2D eigenvalue weighted by Gasteiger charge is 2.14. The standard InChI is InChI=1S/C12H12OS2/c1-2-4-10-9(6-8-15-10)12(13)11-5-3-7-14-11/h3,5-8H,2,4H2,1H3. The zero-order valence-electron chi connectivity index (χ0n) is 8.53. The summed E-state index contributed by atoms with van der Waals surface area (Å²) in [4.78, 5) is 14.1. The van der Waals surface area contributed by atoms with Crippen molar-refractivity contribution in [3.63, 3.8) is 0 Å². The van der Waals surface area contributed by atoms with Crippen molar-refractivity contribution in [1.29, 1.82) is 0 Å². The summed E-state index contributed by atoms with van der Waals surface area (Å²) in [7, 11) is 0. The molecule has 0 spiro atoms. The fraction of sp³-hybridized carbons (Fsp3) is 0.250. The van der Waals surface area contributed by atoms with Gasteiger partial charge in [0.2, 0.25) is 5.78 Å². The molecule has 0 aliphatic heterocycles. The van der Waals surface area contributed by atoms with E-state index in [9.17, 15) is 4.79 Å². The van der Waals surface area contributed by atoms with Crippen molar-refractivity contribution in [1.82, 2.24) is 0 Å². The van der Waals surface area contributed by atoms with Crippen LogP contribution in [0.15, 0.2) is 29.0 Å². The van der Waals surface area contributed by atoms with Crippen LogP contribution in [0.5, 0.6) is 0 Å². The summed E-state index contributed by atoms with van der Waals surface area (Å²) in [6.45, 7) is 2.14. The molecule has 3 heteroatoms. The average molecular weight is 236 g/mol. The van der Waals surface area contributed by atoms with Crippen LogP contribution in [0.2, 0.25) is 0 Å². The maximum absolute atomic E-state index is 12.1. The predicted octanol–water partition coefficient (Wildman–Crippen LogP) is 3.99. The molecule has 2 aromatic heterocycles. The van der Waals surface area contributed by atoms with Crippen LogP contribution in [0.4, 0.5) is 0 Å². The molecule has 0 radical (unpaired) electrons. The smallest absolute Gasteiger partial charge is 0.204 e. The second-order valence-electron chi connectivity index (χ2n) is 3.31. The fourth-order valence-electron chi connectivity index (χ4n) is 1.50. The minimum atomic E-state index is 0.176. The molecular weight excluding hydrogens is 224 g/mol. The lowest BCUT2D eigenvalue weighted by molar-refractivity contribution is 0.104. The molecule has 0 bridgehead atoms. The van der Waals surface area contributed by atoms with E-state index in [0.29, 0.717) is 0 Å². The van der Waals surface area contributed by atoms with E-state index in [4.69, 9.17) is 0 Å². The highest BCUT2D eigenvalue weighted by atomic mass is 32.1. The van der Waals surface area contributed by atoms with Crippen molar-refractivity contribution in [2.24, 2.45) is 0 Å². The second-order valence-corrected chi connectivity index (χ2v) is 5.26. The van der Waals surface area contributed by atoms with Crippen LogP contribution < -0.4 is 0 Å². The van der Waals surface area contributed by atoms with Crippen LogP contribution in [0.25, 0.3) is 0 Å². The van der Waals surface area contributed by atoms with Gasteiger partial charge in [-0.2, -0.15) is 0 Å². The molecule has 1 nitrogen and oxygen atoms in total. The van der Waals surface area contributed by atoms with Gasteiger partial charge in [0.1, 0.15) is 0 Å². The third kappa shape index (κ3) is 2.19. The molecule has 2 aromatic rings. The van der Waals surface area contributed by atoms with E-state index in [2.05, 4.69) is 6.92 Å². The Hall–Kier alpha value is -0.930. The summed E-state index contributed by atoms with van der Waals surface area (Å²) in [6, 6.07) is 5.75. The molecule has 0 N–H and O–H groups in total. The number of carbonyl (C=O) groups excluding carboxylic acids is 1. The molecule has 2 heterocycles. The molecule has 0 amide bonds. The summed E-state index contributed by atoms with van der Waals surface area (Å²) < 4.78 is 0. The first-order chi connectivity index (χ1) is 7.33. The Labute approximate surface area is 97.4 Å². The van der Waals surface area contributed by atoms with Crippen molar-refractivity contribution in [2.75, 3.05) is 0 Å². The number of aryl methyl sites for hydroxylation is 1. The van der Waals surface area contributed by atoms with Gasteiger partial charge in [0.15, 0.2) is 0 Å². The molecule has 0 saturated carbocycles. The van der Waals surface area contributed by atoms with Gasteiger partial charge in [-0.15, -0.1) is 22.7 Å². The van der Waals surface area contributed by atoms with Gasteiger partial charge < -0.3 is 0 Å². The van der Waals surface area contributed by atoms with Crippen molar-refractivity contribution in [3.8, 4) is 0 Å². The van der Waals surface area contributed by atoms with Crippen molar-refractivity contribution in [3.05, 3.63) is 44.3 Å². The minimum Gasteiger partial charge on any atom is -0.288 e. The Bertz CT molecular complexity index is 440. The Morgan fingerprint density at radius 3 is 2.80 bits per heavy atom. The number of carbonyl (C=O) groups is 1. The number of rotatable bonds is 4. The van der Waals surface area contributed by atoms with Gasteiger partial charge in [0.25, 0.3) is 0 Å². The lowest BCUT2D eigenvalue weighted by Crippen LogP contribution is -1.99. The molecule has 78 valence electrons. The SMILES string of the molecule is CCCc1sccc1C(=O)c1cccs1. The fourth-order valence-corrected chi connectivity index (χ4v) is 3.16. The van der Waals surface area contributed by atoms with Crippen molar-refractivity contribution < 1.29 is 4.79 Å². The Morgan fingerprint density at radius 1 is 1.27 bits per heavy atom. The third-order valence-corrected chi connectivity index (χ3v) is 4.06. The summed E-state index contributed by atoms with van der Waals surface area (Å²) in [5.41, 5.74) is 0.893. The normalized spacial score (nSPS) is 10.5. The lowest BCUT2D eigenvalue weighted by atomic mass is 10.1. The van der Waals surface area contributed by atoms with E-state index >= 15 is 0 Å². The van der Waals surface area contributed by atoms with Gasteiger partial charge in [-0.05, 0) is 29.3 Å². The largest absolute Gasteiger partial charge is 0.288 e. The molecule has 2 rings (SSSR count). The van der Waals surface area contributed by atoms with Gasteiger partial charge in [0.05, 0.1) is 4.88 Å². The lowest BCUT2D eigenvalue weighted by Gasteiger charge is -1.99. The van der Waals surface area contributed by atoms with Crippen LogP contribution in [-0.2, 0) is 6.42 Å². The first-order valence-corrected chi connectivity index (χ1v) is 6.73. The molecule has 15 heavy (non-hydrogen) atoms. The molecule has 0 aliphatic rings. The Balaban J connectivity index is 2.29. The topological polar surface area (TPSA) is 17.1 Å². The predicted molar refractivity (Wildman–Crippen MR) is 66.1 cm³/mol. The first kappa shape index (κ1) is 10.6. The second kappa shape index (κ2) is 4.73. The summed E-state index contributed by atoms with van der Waals surface area (Å²) in [5.74, 6) is 0.176. The van der Waals surface area contributed by atoms with E-state index < -0.39 is 0 Å². The van der Waals surface area contributed by atoms with Gasteiger partial charge in [-0.25, -0.2) is 0 Å². The van der Waals surface area contributed by atoms with E-state index in [1.54, 1.807) is 11.3 Å². The highest BCUT2D eigenvalue weighted by molar-refractivity contribution is 7.12. The monoisotopic (exact) mass is 236 g/mol. The highest BCUT2D eigenvalue weighted by Crippen LogP contribution is 2.23. The summed E-state index contributed by atoms with van der Waals surface area (Å²) in [5, 5.41) is 3.95. The Kier molecular flexibility index (Phi) is 3.34. The van der Waals surface area contributed by atoms with E-state index in [-0.39, 0.29) is 5.78 Å². The zero-order valence-corrected chi connectivity index (χ0v) is 10.2. The van der Waals surface area contributed by atoms with Crippen LogP contribution in [0.3, 0.4) is 0 Å². The van der Waals surface area contributed by atoms with E-state index in [1.807, 2.05) is 29.0 Å². The van der Waals surface area contributed by atoms with Crippen LogP contribution >= 0.6 is 22.7 Å². The van der Waals surface area contributed by atoms with Crippen LogP contribution in [0.1, 0.15) is 33.5 Å². The summed E-state index contributed by atoms with van der Waals surface area (Å²) >= 11 is 3.19. The zero-order chi connectivity index (χ0) is 10.7. The number of thiophene rings is 2. The molecular formula is C12H12OS2. The number of ketones is 1. The molecule has 0 aromatic carbocycles. The summed E-state index contributed by atoms with van der Waals surface area (Å²) in [6.07, 6.45) is 2.09. The molecule has 0 aliphatic carbocycles. The Morgan fingerprint density at radius 2 is 2.13 bits per heavy atom.